The Morgan fingerprint density at radius 1 is 1.25 bits per heavy atom. The number of rotatable bonds is 6. The second-order valence-electron chi connectivity index (χ2n) is 3.38. The van der Waals surface area contributed by atoms with Gasteiger partial charge >= 0.3 is 0 Å². The number of carbonyl (C=O) groups excluding carboxylic acids is 1. The lowest BCUT2D eigenvalue weighted by Gasteiger charge is -2.14. The van der Waals surface area contributed by atoms with Crippen LogP contribution in [-0.4, -0.2) is 12.5 Å². The van der Waals surface area contributed by atoms with E-state index in [2.05, 4.69) is 19.2 Å². The van der Waals surface area contributed by atoms with E-state index >= 15 is 0 Å². The fraction of sp³-hybridized carbons (Fsp3) is 0.900. The third kappa shape index (κ3) is 6.20. The number of nitrogens with one attached hydrogen (secondary N) is 1. The summed E-state index contributed by atoms with van der Waals surface area (Å²) in [4.78, 5) is 10.6. The van der Waals surface area contributed by atoms with Gasteiger partial charge in [0, 0.05) is 13.5 Å². The standard InChI is InChI=1S/C10H21NO/c1-4-6-10(7-5-2)8-11-9(3)12/h10H,4-8H2,1-3H3,(H,11,12). The van der Waals surface area contributed by atoms with Crippen molar-refractivity contribution in [2.24, 2.45) is 5.92 Å². The Balaban J connectivity index is 3.54. The average molecular weight is 171 g/mol. The van der Waals surface area contributed by atoms with Gasteiger partial charge in [-0.2, -0.15) is 0 Å². The Hall–Kier alpha value is -0.530. The van der Waals surface area contributed by atoms with Gasteiger partial charge in [0.15, 0.2) is 0 Å². The predicted octanol–water partition coefficient (Wildman–Crippen LogP) is 2.34. The summed E-state index contributed by atoms with van der Waals surface area (Å²) in [7, 11) is 0. The molecule has 0 aliphatic carbocycles. The minimum Gasteiger partial charge on any atom is -0.356 e. The maximum atomic E-state index is 10.6. The molecule has 0 aliphatic rings. The van der Waals surface area contributed by atoms with E-state index in [1.807, 2.05) is 0 Å². The van der Waals surface area contributed by atoms with Crippen LogP contribution in [0, 0.1) is 5.92 Å². The summed E-state index contributed by atoms with van der Waals surface area (Å²) in [6, 6.07) is 0. The normalized spacial score (nSPS) is 10.3. The minimum absolute atomic E-state index is 0.0900. The molecule has 0 aromatic rings. The number of amides is 1. The molecular formula is C10H21NO. The van der Waals surface area contributed by atoms with E-state index in [9.17, 15) is 4.79 Å². The largest absolute Gasteiger partial charge is 0.356 e. The van der Waals surface area contributed by atoms with Crippen molar-refractivity contribution in [1.29, 1.82) is 0 Å². The topological polar surface area (TPSA) is 29.1 Å². The van der Waals surface area contributed by atoms with Gasteiger partial charge in [-0.05, 0) is 18.8 Å². The summed E-state index contributed by atoms with van der Waals surface area (Å²) in [6.45, 7) is 6.82. The molecule has 12 heavy (non-hydrogen) atoms. The van der Waals surface area contributed by atoms with Crippen LogP contribution in [0.4, 0.5) is 0 Å². The van der Waals surface area contributed by atoms with Crippen LogP contribution in [0.25, 0.3) is 0 Å². The van der Waals surface area contributed by atoms with Gasteiger partial charge in [-0.3, -0.25) is 4.79 Å². The van der Waals surface area contributed by atoms with Gasteiger partial charge in [0.25, 0.3) is 0 Å². The molecular weight excluding hydrogens is 150 g/mol. The van der Waals surface area contributed by atoms with Crippen molar-refractivity contribution in [3.05, 3.63) is 0 Å². The van der Waals surface area contributed by atoms with Crippen LogP contribution in [0.1, 0.15) is 46.5 Å². The van der Waals surface area contributed by atoms with Gasteiger partial charge in [-0.1, -0.05) is 26.7 Å². The zero-order valence-electron chi connectivity index (χ0n) is 8.52. The number of carbonyl (C=O) groups is 1. The van der Waals surface area contributed by atoms with Gasteiger partial charge in [0.1, 0.15) is 0 Å². The molecule has 0 saturated heterocycles. The van der Waals surface area contributed by atoms with E-state index in [4.69, 9.17) is 0 Å². The number of hydrogen-bond acceptors (Lipinski definition) is 1. The van der Waals surface area contributed by atoms with Crippen LogP contribution < -0.4 is 5.32 Å². The molecule has 0 radical (unpaired) electrons. The minimum atomic E-state index is 0.0900. The van der Waals surface area contributed by atoms with Gasteiger partial charge in [0.05, 0.1) is 0 Å². The van der Waals surface area contributed by atoms with Gasteiger partial charge in [-0.25, -0.2) is 0 Å². The first kappa shape index (κ1) is 11.5. The average Bonchev–Trinajstić information content (AvgIpc) is 2.01. The Labute approximate surface area is 75.7 Å². The van der Waals surface area contributed by atoms with Crippen LogP contribution in [0.3, 0.4) is 0 Å². The fourth-order valence-electron chi connectivity index (χ4n) is 1.45. The highest BCUT2D eigenvalue weighted by Crippen LogP contribution is 2.11. The SMILES string of the molecule is CCCC(CCC)CNC(C)=O. The zero-order valence-corrected chi connectivity index (χ0v) is 8.52. The third-order valence-corrected chi connectivity index (χ3v) is 2.03. The summed E-state index contributed by atoms with van der Waals surface area (Å²) < 4.78 is 0. The van der Waals surface area contributed by atoms with Crippen molar-refractivity contribution in [3.8, 4) is 0 Å². The number of hydrogen-bond donors (Lipinski definition) is 1. The van der Waals surface area contributed by atoms with Crippen molar-refractivity contribution in [2.45, 2.75) is 46.5 Å². The highest BCUT2D eigenvalue weighted by atomic mass is 16.1. The summed E-state index contributed by atoms with van der Waals surface area (Å²) in [6.07, 6.45) is 4.89. The second kappa shape index (κ2) is 7.14. The molecule has 1 amide bonds. The van der Waals surface area contributed by atoms with Crippen molar-refractivity contribution in [3.63, 3.8) is 0 Å². The van der Waals surface area contributed by atoms with Crippen LogP contribution in [0.5, 0.6) is 0 Å². The molecule has 1 N–H and O–H groups in total. The van der Waals surface area contributed by atoms with Gasteiger partial charge in [0.2, 0.25) is 5.91 Å². The quantitative estimate of drug-likeness (QED) is 0.653. The maximum Gasteiger partial charge on any atom is 0.216 e. The van der Waals surface area contributed by atoms with Crippen LogP contribution in [0.2, 0.25) is 0 Å². The van der Waals surface area contributed by atoms with E-state index in [1.54, 1.807) is 6.92 Å². The monoisotopic (exact) mass is 171 g/mol. The smallest absolute Gasteiger partial charge is 0.216 e. The Morgan fingerprint density at radius 3 is 2.08 bits per heavy atom. The van der Waals surface area contributed by atoms with Crippen molar-refractivity contribution in [1.82, 2.24) is 5.32 Å². The van der Waals surface area contributed by atoms with Crippen LogP contribution >= 0.6 is 0 Å². The molecule has 0 atom stereocenters. The van der Waals surface area contributed by atoms with Crippen molar-refractivity contribution < 1.29 is 4.79 Å². The van der Waals surface area contributed by atoms with Gasteiger partial charge in [-0.15, -0.1) is 0 Å². The molecule has 0 aromatic carbocycles. The lowest BCUT2D eigenvalue weighted by Crippen LogP contribution is -2.26. The predicted molar refractivity (Wildman–Crippen MR) is 52.0 cm³/mol. The first-order valence-corrected chi connectivity index (χ1v) is 4.95. The van der Waals surface area contributed by atoms with E-state index < -0.39 is 0 Å². The Kier molecular flexibility index (Phi) is 6.82. The summed E-state index contributed by atoms with van der Waals surface area (Å²) >= 11 is 0. The molecule has 0 bridgehead atoms. The van der Waals surface area contributed by atoms with Gasteiger partial charge < -0.3 is 5.32 Å². The van der Waals surface area contributed by atoms with E-state index in [1.165, 1.54) is 25.7 Å². The van der Waals surface area contributed by atoms with E-state index in [0.29, 0.717) is 5.92 Å². The van der Waals surface area contributed by atoms with E-state index in [-0.39, 0.29) is 5.91 Å². The molecule has 0 aromatic heterocycles. The van der Waals surface area contributed by atoms with Crippen molar-refractivity contribution >= 4 is 5.91 Å². The zero-order chi connectivity index (χ0) is 9.40. The Morgan fingerprint density at radius 2 is 1.75 bits per heavy atom. The summed E-state index contributed by atoms with van der Waals surface area (Å²) in [5.74, 6) is 0.774. The summed E-state index contributed by atoms with van der Waals surface area (Å²) in [5, 5.41) is 2.88. The molecule has 0 spiro atoms. The Bertz CT molecular complexity index is 117. The second-order valence-corrected chi connectivity index (χ2v) is 3.38. The van der Waals surface area contributed by atoms with Crippen LogP contribution in [0.15, 0.2) is 0 Å². The molecule has 2 heteroatoms. The highest BCUT2D eigenvalue weighted by Gasteiger charge is 2.06. The lowest BCUT2D eigenvalue weighted by molar-refractivity contribution is -0.119. The molecule has 0 rings (SSSR count). The highest BCUT2D eigenvalue weighted by molar-refractivity contribution is 5.72. The summed E-state index contributed by atoms with van der Waals surface area (Å²) in [5.41, 5.74) is 0. The molecule has 0 aliphatic heterocycles. The molecule has 2 nitrogen and oxygen atoms in total. The van der Waals surface area contributed by atoms with E-state index in [0.717, 1.165) is 6.54 Å². The molecule has 0 saturated carbocycles. The molecule has 0 fully saturated rings. The lowest BCUT2D eigenvalue weighted by atomic mass is 9.98. The van der Waals surface area contributed by atoms with Crippen LogP contribution in [-0.2, 0) is 4.79 Å². The molecule has 0 unspecified atom stereocenters. The third-order valence-electron chi connectivity index (χ3n) is 2.03. The first-order valence-electron chi connectivity index (χ1n) is 4.95. The maximum absolute atomic E-state index is 10.6. The van der Waals surface area contributed by atoms with Crippen molar-refractivity contribution in [2.75, 3.05) is 6.54 Å². The first-order chi connectivity index (χ1) is 5.70. The molecule has 72 valence electrons. The fourth-order valence-corrected chi connectivity index (χ4v) is 1.45. The molecule has 0 heterocycles.